The number of carbonyl (C=O) groups excluding carboxylic acids is 2. The van der Waals surface area contributed by atoms with Gasteiger partial charge in [-0.05, 0) is 55.0 Å². The van der Waals surface area contributed by atoms with Crippen molar-refractivity contribution in [3.63, 3.8) is 0 Å². The Balaban J connectivity index is 1.73. The highest BCUT2D eigenvalue weighted by atomic mass is 35.5. The van der Waals surface area contributed by atoms with Gasteiger partial charge in [0.05, 0.1) is 29.0 Å². The summed E-state index contributed by atoms with van der Waals surface area (Å²) in [6.07, 6.45) is 1.40. The minimum atomic E-state index is -0.608. The van der Waals surface area contributed by atoms with Crippen LogP contribution in [0.4, 0.5) is 0 Å². The number of amides is 1. The van der Waals surface area contributed by atoms with Gasteiger partial charge in [0, 0.05) is 0 Å². The fraction of sp³-hybridized carbons (Fsp3) is 0.0870. The summed E-state index contributed by atoms with van der Waals surface area (Å²) in [5.74, 6) is -0.743. The Hall–Kier alpha value is -3.84. The van der Waals surface area contributed by atoms with Gasteiger partial charge in [-0.2, -0.15) is 5.10 Å². The molecule has 0 atom stereocenters. The molecule has 3 aromatic rings. The molecular weight excluding hydrogens is 420 g/mol. The van der Waals surface area contributed by atoms with Crippen molar-refractivity contribution < 1.29 is 24.2 Å². The molecule has 1 amide bonds. The minimum absolute atomic E-state index is 0.108. The minimum Gasteiger partial charge on any atom is -0.507 e. The third-order valence-electron chi connectivity index (χ3n) is 4.09. The summed E-state index contributed by atoms with van der Waals surface area (Å²) in [6, 6.07) is 17.6. The van der Waals surface area contributed by atoms with E-state index < -0.39 is 11.9 Å². The number of hydrogen-bond acceptors (Lipinski definition) is 6. The summed E-state index contributed by atoms with van der Waals surface area (Å²) in [5, 5.41) is 13.9. The van der Waals surface area contributed by atoms with Gasteiger partial charge in [-0.25, -0.2) is 10.2 Å². The number of carbonyl (C=O) groups is 2. The molecule has 3 aromatic carbocycles. The molecular formula is C23H19ClN2O5. The van der Waals surface area contributed by atoms with Crippen molar-refractivity contribution in [1.82, 2.24) is 5.43 Å². The fourth-order valence-electron chi connectivity index (χ4n) is 2.63. The van der Waals surface area contributed by atoms with Crippen molar-refractivity contribution in [2.24, 2.45) is 5.10 Å². The number of nitrogens with zero attached hydrogens (tertiary/aromatic N) is 1. The highest BCUT2D eigenvalue weighted by Gasteiger charge is 2.15. The maximum Gasteiger partial charge on any atom is 0.345 e. The number of benzene rings is 3. The number of para-hydroxylation sites is 1. The molecule has 2 N–H and O–H groups in total. The summed E-state index contributed by atoms with van der Waals surface area (Å²) < 4.78 is 11.0. The van der Waals surface area contributed by atoms with Crippen LogP contribution >= 0.6 is 11.6 Å². The normalized spacial score (nSPS) is 10.6. The van der Waals surface area contributed by atoms with E-state index in [1.807, 2.05) is 0 Å². The number of halogens is 1. The first-order valence-electron chi connectivity index (χ1n) is 9.34. The zero-order valence-electron chi connectivity index (χ0n) is 16.5. The largest absolute Gasteiger partial charge is 0.507 e. The zero-order chi connectivity index (χ0) is 22.2. The van der Waals surface area contributed by atoms with E-state index >= 15 is 0 Å². The number of ether oxygens (including phenoxy) is 2. The standard InChI is InChI=1S/C23H19ClN2O5/c1-2-30-21-13-15(14-25-26-22(28)17-8-4-6-10-19(17)27)11-12-20(21)31-23(29)16-7-3-5-9-18(16)24/h3-14,27H,2H2,1H3,(H,26,28)/b25-14+. The predicted octanol–water partition coefficient (Wildman–Crippen LogP) is 4.43. The van der Waals surface area contributed by atoms with E-state index in [0.717, 1.165) is 0 Å². The quantitative estimate of drug-likeness (QED) is 0.246. The number of hydrogen-bond donors (Lipinski definition) is 2. The molecule has 3 rings (SSSR count). The van der Waals surface area contributed by atoms with Crippen LogP contribution in [0, 0.1) is 0 Å². The second-order valence-corrected chi connectivity index (χ2v) is 6.63. The van der Waals surface area contributed by atoms with Gasteiger partial charge in [-0.1, -0.05) is 35.9 Å². The van der Waals surface area contributed by atoms with Gasteiger partial charge in [-0.3, -0.25) is 4.79 Å². The van der Waals surface area contributed by atoms with Gasteiger partial charge < -0.3 is 14.6 Å². The van der Waals surface area contributed by atoms with E-state index in [1.165, 1.54) is 18.3 Å². The number of hydrazone groups is 1. The van der Waals surface area contributed by atoms with Crippen LogP contribution in [-0.2, 0) is 0 Å². The first kappa shape index (κ1) is 21.9. The summed E-state index contributed by atoms with van der Waals surface area (Å²) >= 11 is 6.05. The number of rotatable bonds is 7. The number of esters is 1. The lowest BCUT2D eigenvalue weighted by molar-refractivity contribution is 0.0728. The van der Waals surface area contributed by atoms with Gasteiger partial charge in [-0.15, -0.1) is 0 Å². The molecule has 0 saturated heterocycles. The Kier molecular flexibility index (Phi) is 7.24. The average Bonchev–Trinajstić information content (AvgIpc) is 2.76. The lowest BCUT2D eigenvalue weighted by atomic mass is 10.2. The summed E-state index contributed by atoms with van der Waals surface area (Å²) in [7, 11) is 0. The summed E-state index contributed by atoms with van der Waals surface area (Å²) in [4.78, 5) is 24.5. The highest BCUT2D eigenvalue weighted by Crippen LogP contribution is 2.29. The van der Waals surface area contributed by atoms with Crippen molar-refractivity contribution in [3.8, 4) is 17.2 Å². The van der Waals surface area contributed by atoms with Gasteiger partial charge in [0.15, 0.2) is 11.5 Å². The molecule has 0 spiro atoms. The van der Waals surface area contributed by atoms with E-state index in [4.69, 9.17) is 21.1 Å². The summed E-state index contributed by atoms with van der Waals surface area (Å²) in [5.41, 5.74) is 3.29. The van der Waals surface area contributed by atoms with Gasteiger partial charge >= 0.3 is 5.97 Å². The van der Waals surface area contributed by atoms with Crippen LogP contribution in [-0.4, -0.2) is 29.8 Å². The molecule has 0 bridgehead atoms. The Morgan fingerprint density at radius 2 is 1.74 bits per heavy atom. The van der Waals surface area contributed by atoms with E-state index in [-0.39, 0.29) is 27.6 Å². The maximum absolute atomic E-state index is 12.4. The third kappa shape index (κ3) is 5.61. The van der Waals surface area contributed by atoms with Crippen LogP contribution < -0.4 is 14.9 Å². The molecule has 0 heterocycles. The Morgan fingerprint density at radius 1 is 1.03 bits per heavy atom. The van der Waals surface area contributed by atoms with E-state index in [2.05, 4.69) is 10.5 Å². The molecule has 0 radical (unpaired) electrons. The molecule has 0 aliphatic heterocycles. The Morgan fingerprint density at radius 3 is 2.45 bits per heavy atom. The van der Waals surface area contributed by atoms with E-state index in [0.29, 0.717) is 17.9 Å². The average molecular weight is 439 g/mol. The number of nitrogens with one attached hydrogen (secondary N) is 1. The van der Waals surface area contributed by atoms with E-state index in [9.17, 15) is 14.7 Å². The van der Waals surface area contributed by atoms with Crippen molar-refractivity contribution in [2.75, 3.05) is 6.61 Å². The molecule has 0 fully saturated rings. The second-order valence-electron chi connectivity index (χ2n) is 6.22. The van der Waals surface area contributed by atoms with Gasteiger partial charge in [0.1, 0.15) is 5.75 Å². The van der Waals surface area contributed by atoms with E-state index in [1.54, 1.807) is 61.5 Å². The van der Waals surface area contributed by atoms with Crippen LogP contribution in [0.5, 0.6) is 17.2 Å². The highest BCUT2D eigenvalue weighted by molar-refractivity contribution is 6.33. The molecule has 0 saturated carbocycles. The molecule has 0 aliphatic rings. The summed E-state index contributed by atoms with van der Waals surface area (Å²) in [6.45, 7) is 2.15. The lowest BCUT2D eigenvalue weighted by Crippen LogP contribution is -2.17. The first-order chi connectivity index (χ1) is 15.0. The number of phenols is 1. The zero-order valence-corrected chi connectivity index (χ0v) is 17.3. The van der Waals surface area contributed by atoms with Crippen molar-refractivity contribution in [3.05, 3.63) is 88.4 Å². The van der Waals surface area contributed by atoms with Crippen LogP contribution in [0.2, 0.25) is 5.02 Å². The molecule has 31 heavy (non-hydrogen) atoms. The second kappa shape index (κ2) is 10.3. The fourth-order valence-corrected chi connectivity index (χ4v) is 2.84. The van der Waals surface area contributed by atoms with Gasteiger partial charge in [0.25, 0.3) is 5.91 Å². The monoisotopic (exact) mass is 438 g/mol. The van der Waals surface area contributed by atoms with Gasteiger partial charge in [0.2, 0.25) is 0 Å². The van der Waals surface area contributed by atoms with Crippen LogP contribution in [0.15, 0.2) is 71.8 Å². The van der Waals surface area contributed by atoms with Crippen LogP contribution in [0.1, 0.15) is 33.2 Å². The molecule has 0 unspecified atom stereocenters. The molecule has 158 valence electrons. The third-order valence-corrected chi connectivity index (χ3v) is 4.42. The number of phenolic OH excluding ortho intramolecular Hbond substituents is 1. The van der Waals surface area contributed by atoms with Crippen molar-refractivity contribution >= 4 is 29.7 Å². The maximum atomic E-state index is 12.4. The van der Waals surface area contributed by atoms with Crippen LogP contribution in [0.3, 0.4) is 0 Å². The van der Waals surface area contributed by atoms with Crippen molar-refractivity contribution in [2.45, 2.75) is 6.92 Å². The molecule has 7 nitrogen and oxygen atoms in total. The van der Waals surface area contributed by atoms with Crippen LogP contribution in [0.25, 0.3) is 0 Å². The Labute approximate surface area is 183 Å². The van der Waals surface area contributed by atoms with Crippen molar-refractivity contribution in [1.29, 1.82) is 0 Å². The predicted molar refractivity (Wildman–Crippen MR) is 117 cm³/mol. The Bertz CT molecular complexity index is 1130. The lowest BCUT2D eigenvalue weighted by Gasteiger charge is -2.12. The topological polar surface area (TPSA) is 97.2 Å². The molecule has 0 aromatic heterocycles. The number of aromatic hydroxyl groups is 1. The SMILES string of the molecule is CCOc1cc(/C=N/NC(=O)c2ccccc2O)ccc1OC(=O)c1ccccc1Cl. The smallest absolute Gasteiger partial charge is 0.345 e. The molecule has 0 aliphatic carbocycles. The molecule has 8 heteroatoms. The first-order valence-corrected chi connectivity index (χ1v) is 9.72.